The highest BCUT2D eigenvalue weighted by Crippen LogP contribution is 2.35. The average Bonchev–Trinajstić information content (AvgIpc) is 2.72. The summed E-state index contributed by atoms with van der Waals surface area (Å²) in [6, 6.07) is 17.7. The van der Waals surface area contributed by atoms with Crippen LogP contribution in [0.4, 0.5) is 0 Å². The van der Waals surface area contributed by atoms with Gasteiger partial charge < -0.3 is 5.32 Å². The maximum Gasteiger partial charge on any atom is -0.00429 e. The van der Waals surface area contributed by atoms with Crippen LogP contribution in [-0.4, -0.2) is 13.1 Å². The van der Waals surface area contributed by atoms with E-state index >= 15 is 0 Å². The van der Waals surface area contributed by atoms with Crippen LogP contribution in [-0.2, 0) is 0 Å². The second kappa shape index (κ2) is 9.43. The molecule has 3 rings (SSSR count). The predicted molar refractivity (Wildman–Crippen MR) is 122 cm³/mol. The lowest BCUT2D eigenvalue weighted by Crippen LogP contribution is -2.27. The number of benzene rings is 2. The summed E-state index contributed by atoms with van der Waals surface area (Å²) in [6.07, 6.45) is 2.41. The van der Waals surface area contributed by atoms with Crippen LogP contribution in [0.15, 0.2) is 65.4 Å². The first-order chi connectivity index (χ1) is 13.1. The Bertz CT molecular complexity index is 795. The minimum Gasteiger partial charge on any atom is -0.317 e. The molecule has 0 bridgehead atoms. The molecule has 0 radical (unpaired) electrons. The minimum atomic E-state index is 0.563. The SMILES string of the molecule is C=C(S/C=C(\C)c1ccccc1-c1ccc(C(C)C)cc1)C1CCNCC1. The maximum atomic E-state index is 4.34. The molecule has 2 heteroatoms. The van der Waals surface area contributed by atoms with Crippen LogP contribution in [0.25, 0.3) is 16.7 Å². The van der Waals surface area contributed by atoms with E-state index in [9.17, 15) is 0 Å². The zero-order valence-corrected chi connectivity index (χ0v) is 17.6. The quantitative estimate of drug-likeness (QED) is 0.577. The summed E-state index contributed by atoms with van der Waals surface area (Å²) in [5.74, 6) is 1.20. The third kappa shape index (κ3) is 5.15. The molecule has 0 aliphatic carbocycles. The van der Waals surface area contributed by atoms with Gasteiger partial charge in [0.15, 0.2) is 0 Å². The first kappa shape index (κ1) is 20.0. The van der Waals surface area contributed by atoms with Crippen LogP contribution in [0.3, 0.4) is 0 Å². The molecule has 2 aromatic rings. The molecular weight excluding hydrogens is 346 g/mol. The van der Waals surface area contributed by atoms with Crippen LogP contribution in [0.2, 0.25) is 0 Å². The van der Waals surface area contributed by atoms with E-state index in [-0.39, 0.29) is 0 Å². The number of thioether (sulfide) groups is 1. The van der Waals surface area contributed by atoms with Crippen LogP contribution in [0, 0.1) is 5.92 Å². The molecule has 1 aliphatic rings. The fourth-order valence-electron chi connectivity index (χ4n) is 3.59. The second-order valence-corrected chi connectivity index (χ2v) is 8.73. The van der Waals surface area contributed by atoms with Gasteiger partial charge in [-0.2, -0.15) is 0 Å². The van der Waals surface area contributed by atoms with E-state index in [2.05, 4.69) is 86.6 Å². The van der Waals surface area contributed by atoms with Gasteiger partial charge in [-0.1, -0.05) is 69.0 Å². The van der Waals surface area contributed by atoms with Crippen LogP contribution >= 0.6 is 11.8 Å². The molecule has 1 heterocycles. The van der Waals surface area contributed by atoms with Gasteiger partial charge in [-0.05, 0) is 82.8 Å². The Morgan fingerprint density at radius 1 is 1.07 bits per heavy atom. The summed E-state index contributed by atoms with van der Waals surface area (Å²) in [6.45, 7) is 13.3. The first-order valence-corrected chi connectivity index (χ1v) is 10.9. The number of allylic oxidation sites excluding steroid dienone is 2. The molecule has 1 aliphatic heterocycles. The van der Waals surface area contributed by atoms with Crippen LogP contribution in [0.5, 0.6) is 0 Å². The van der Waals surface area contributed by atoms with E-state index in [1.807, 2.05) is 11.8 Å². The summed E-state index contributed by atoms with van der Waals surface area (Å²) in [7, 11) is 0. The van der Waals surface area contributed by atoms with Gasteiger partial charge in [0.1, 0.15) is 0 Å². The second-order valence-electron chi connectivity index (χ2n) is 7.73. The summed E-state index contributed by atoms with van der Waals surface area (Å²) >= 11 is 1.81. The van der Waals surface area contributed by atoms with Gasteiger partial charge in [-0.25, -0.2) is 0 Å². The highest BCUT2D eigenvalue weighted by molar-refractivity contribution is 8.06. The van der Waals surface area contributed by atoms with Crippen molar-refractivity contribution in [3.8, 4) is 11.1 Å². The highest BCUT2D eigenvalue weighted by atomic mass is 32.2. The lowest BCUT2D eigenvalue weighted by molar-refractivity contribution is 0.433. The van der Waals surface area contributed by atoms with E-state index in [0.29, 0.717) is 11.8 Å². The molecule has 1 nitrogen and oxygen atoms in total. The lowest BCUT2D eigenvalue weighted by atomic mass is 9.94. The molecule has 142 valence electrons. The molecule has 0 atom stereocenters. The van der Waals surface area contributed by atoms with Crippen molar-refractivity contribution < 1.29 is 0 Å². The Hall–Kier alpha value is -1.77. The van der Waals surface area contributed by atoms with Crippen LogP contribution < -0.4 is 5.32 Å². The maximum absolute atomic E-state index is 4.34. The Kier molecular flexibility index (Phi) is 6.98. The Morgan fingerprint density at radius 3 is 2.41 bits per heavy atom. The van der Waals surface area contributed by atoms with Gasteiger partial charge in [0, 0.05) is 0 Å². The molecule has 0 spiro atoms. The van der Waals surface area contributed by atoms with Crippen molar-refractivity contribution in [1.29, 1.82) is 0 Å². The van der Waals surface area contributed by atoms with Crippen molar-refractivity contribution in [3.05, 3.63) is 76.5 Å². The van der Waals surface area contributed by atoms with Gasteiger partial charge >= 0.3 is 0 Å². The zero-order chi connectivity index (χ0) is 19.2. The molecule has 0 saturated carbocycles. The largest absolute Gasteiger partial charge is 0.317 e. The highest BCUT2D eigenvalue weighted by Gasteiger charge is 2.16. The lowest BCUT2D eigenvalue weighted by Gasteiger charge is -2.23. The molecule has 1 N–H and O–H groups in total. The standard InChI is InChI=1S/C25H31NS/c1-18(2)21-9-11-23(12-10-21)25-8-6-5-7-24(25)19(3)17-27-20(4)22-13-15-26-16-14-22/h5-12,17-18,22,26H,4,13-16H2,1-3H3/b19-17+. The molecular formula is C25H31NS. The van der Waals surface area contributed by atoms with E-state index < -0.39 is 0 Å². The Labute approximate surface area is 169 Å². The van der Waals surface area contributed by atoms with Crippen molar-refractivity contribution in [3.63, 3.8) is 0 Å². The summed E-state index contributed by atoms with van der Waals surface area (Å²) < 4.78 is 0. The zero-order valence-electron chi connectivity index (χ0n) is 16.8. The molecule has 2 aromatic carbocycles. The van der Waals surface area contributed by atoms with Crippen molar-refractivity contribution >= 4 is 17.3 Å². The number of hydrogen-bond donors (Lipinski definition) is 1. The molecule has 27 heavy (non-hydrogen) atoms. The molecule has 0 amide bonds. The van der Waals surface area contributed by atoms with Crippen molar-refractivity contribution in [1.82, 2.24) is 5.32 Å². The van der Waals surface area contributed by atoms with E-state index in [4.69, 9.17) is 0 Å². The monoisotopic (exact) mass is 377 g/mol. The third-order valence-corrected chi connectivity index (χ3v) is 6.53. The van der Waals surface area contributed by atoms with E-state index in [1.54, 1.807) is 0 Å². The van der Waals surface area contributed by atoms with Crippen LogP contribution in [0.1, 0.15) is 50.7 Å². The fourth-order valence-corrected chi connectivity index (χ4v) is 4.48. The molecule has 1 fully saturated rings. The van der Waals surface area contributed by atoms with E-state index in [0.717, 1.165) is 13.1 Å². The van der Waals surface area contributed by atoms with Crippen molar-refractivity contribution in [2.75, 3.05) is 13.1 Å². The summed E-state index contributed by atoms with van der Waals surface area (Å²) in [5.41, 5.74) is 6.58. The summed E-state index contributed by atoms with van der Waals surface area (Å²) in [4.78, 5) is 1.30. The smallest absolute Gasteiger partial charge is 0.00429 e. The van der Waals surface area contributed by atoms with Crippen molar-refractivity contribution in [2.45, 2.75) is 39.5 Å². The number of rotatable bonds is 6. The topological polar surface area (TPSA) is 12.0 Å². The van der Waals surface area contributed by atoms with Gasteiger partial charge in [-0.3, -0.25) is 0 Å². The number of nitrogens with one attached hydrogen (secondary N) is 1. The molecule has 0 aromatic heterocycles. The normalized spacial score (nSPS) is 15.9. The molecule has 1 saturated heterocycles. The van der Waals surface area contributed by atoms with Gasteiger partial charge in [0.25, 0.3) is 0 Å². The van der Waals surface area contributed by atoms with Gasteiger partial charge in [-0.15, -0.1) is 11.8 Å². The van der Waals surface area contributed by atoms with Gasteiger partial charge in [0.2, 0.25) is 0 Å². The first-order valence-electron chi connectivity index (χ1n) is 9.99. The summed E-state index contributed by atoms with van der Waals surface area (Å²) in [5, 5.41) is 5.71. The number of piperidine rings is 1. The fraction of sp³-hybridized carbons (Fsp3) is 0.360. The Balaban J connectivity index is 1.78. The Morgan fingerprint density at radius 2 is 1.74 bits per heavy atom. The molecule has 0 unspecified atom stereocenters. The van der Waals surface area contributed by atoms with Gasteiger partial charge in [0.05, 0.1) is 0 Å². The average molecular weight is 378 g/mol. The minimum absolute atomic E-state index is 0.563. The number of hydrogen-bond acceptors (Lipinski definition) is 2. The van der Waals surface area contributed by atoms with E-state index in [1.165, 1.54) is 45.6 Å². The third-order valence-electron chi connectivity index (χ3n) is 5.42. The van der Waals surface area contributed by atoms with Crippen molar-refractivity contribution in [2.24, 2.45) is 5.92 Å². The predicted octanol–water partition coefficient (Wildman–Crippen LogP) is 7.08.